The van der Waals surface area contributed by atoms with Gasteiger partial charge in [-0.15, -0.1) is 24.8 Å². The van der Waals surface area contributed by atoms with Crippen LogP contribution >= 0.6 is 24.8 Å². The second kappa shape index (κ2) is 14.7. The Labute approximate surface area is 248 Å². The lowest BCUT2D eigenvalue weighted by molar-refractivity contribution is 0.0771. The van der Waals surface area contributed by atoms with Crippen LogP contribution in [0.15, 0.2) is 97.2 Å². The molecule has 0 unspecified atom stereocenters. The summed E-state index contributed by atoms with van der Waals surface area (Å²) in [7, 11) is 0. The summed E-state index contributed by atoms with van der Waals surface area (Å²) in [5.41, 5.74) is 14.7. The Morgan fingerprint density at radius 1 is 0.925 bits per heavy atom. The first-order valence-electron chi connectivity index (χ1n) is 13.2. The molecule has 3 aromatic rings. The third-order valence-electron chi connectivity index (χ3n) is 6.93. The number of aryl methyl sites for hydroxylation is 1. The summed E-state index contributed by atoms with van der Waals surface area (Å²) in [6.45, 7) is 4.23. The Bertz CT molecular complexity index is 1440. The Balaban J connectivity index is 0.000000481. The zero-order valence-corrected chi connectivity index (χ0v) is 24.2. The molecule has 0 saturated heterocycles. The maximum Gasteiger partial charge on any atom is 0.255 e. The highest BCUT2D eigenvalue weighted by atomic mass is 35.5. The van der Waals surface area contributed by atoms with E-state index in [1.165, 1.54) is 16.7 Å². The lowest BCUT2D eigenvalue weighted by Crippen LogP contribution is -2.35. The van der Waals surface area contributed by atoms with Gasteiger partial charge in [-0.3, -0.25) is 9.78 Å². The van der Waals surface area contributed by atoms with Gasteiger partial charge in [0.2, 0.25) is 0 Å². The van der Waals surface area contributed by atoms with E-state index in [1.54, 1.807) is 6.20 Å². The first kappa shape index (κ1) is 30.9. The Morgan fingerprint density at radius 3 is 2.30 bits per heavy atom. The van der Waals surface area contributed by atoms with E-state index in [1.807, 2.05) is 54.3 Å². The van der Waals surface area contributed by atoms with Gasteiger partial charge < -0.3 is 15.4 Å². The topological polar surface area (TPSA) is 68.5 Å². The molecule has 208 valence electrons. The number of pyridine rings is 1. The molecule has 0 fully saturated rings. The first-order valence-corrected chi connectivity index (χ1v) is 13.2. The smallest absolute Gasteiger partial charge is 0.255 e. The fourth-order valence-electron chi connectivity index (χ4n) is 4.67. The quantitative estimate of drug-likeness (QED) is 0.224. The number of amides is 1. The minimum atomic E-state index is 0. The lowest BCUT2D eigenvalue weighted by atomic mass is 9.96. The third-order valence-corrected chi connectivity index (χ3v) is 6.93. The number of fused-ring (bicyclic) bond motifs is 1. The van der Waals surface area contributed by atoms with Crippen molar-refractivity contribution >= 4 is 36.3 Å². The van der Waals surface area contributed by atoms with Crippen molar-refractivity contribution in [2.24, 2.45) is 5.73 Å². The summed E-state index contributed by atoms with van der Waals surface area (Å²) in [6.07, 6.45) is 5.38. The van der Waals surface area contributed by atoms with Gasteiger partial charge in [0.1, 0.15) is 12.4 Å². The van der Waals surface area contributed by atoms with E-state index in [9.17, 15) is 4.79 Å². The van der Waals surface area contributed by atoms with Gasteiger partial charge in [0.15, 0.2) is 0 Å². The molecule has 0 bridgehead atoms. The number of rotatable bonds is 7. The lowest BCUT2D eigenvalue weighted by Gasteiger charge is -2.28. The van der Waals surface area contributed by atoms with E-state index in [0.29, 0.717) is 31.8 Å². The highest BCUT2D eigenvalue weighted by Gasteiger charge is 2.23. The summed E-state index contributed by atoms with van der Waals surface area (Å²) in [5, 5.41) is 0. The van der Waals surface area contributed by atoms with Crippen LogP contribution in [0, 0.1) is 0 Å². The number of hydrogen-bond acceptors (Lipinski definition) is 4. The minimum Gasteiger partial charge on any atom is -0.488 e. The molecule has 2 N–H and O–H groups in total. The molecule has 2 heterocycles. The molecule has 5 nitrogen and oxygen atoms in total. The van der Waals surface area contributed by atoms with Gasteiger partial charge >= 0.3 is 0 Å². The van der Waals surface area contributed by atoms with Crippen molar-refractivity contribution in [2.45, 2.75) is 32.9 Å². The monoisotopic (exact) mass is 575 g/mol. The molecule has 3 aliphatic rings. The zero-order valence-electron chi connectivity index (χ0n) is 22.6. The second-order valence-corrected chi connectivity index (χ2v) is 9.47. The Kier molecular flexibility index (Phi) is 11.3. The summed E-state index contributed by atoms with van der Waals surface area (Å²) in [6, 6.07) is 28.4. The number of nitrogens with zero attached hydrogens (tertiary/aromatic N) is 2. The van der Waals surface area contributed by atoms with Gasteiger partial charge in [0, 0.05) is 31.4 Å². The molecule has 0 saturated carbocycles. The molecule has 6 rings (SSSR count). The third kappa shape index (κ3) is 7.51. The van der Waals surface area contributed by atoms with Crippen molar-refractivity contribution in [3.05, 3.63) is 125 Å². The summed E-state index contributed by atoms with van der Waals surface area (Å²) in [5.74, 6) is 0.888. The van der Waals surface area contributed by atoms with Crippen molar-refractivity contribution in [1.29, 1.82) is 0 Å². The van der Waals surface area contributed by atoms with Crippen LogP contribution in [0.4, 0.5) is 0 Å². The van der Waals surface area contributed by atoms with Gasteiger partial charge in [0.05, 0.1) is 11.3 Å². The molecular formula is C33H35Cl2N3O2. The average molecular weight is 577 g/mol. The average Bonchev–Trinajstić information content (AvgIpc) is 3.59. The van der Waals surface area contributed by atoms with E-state index in [2.05, 4.69) is 53.5 Å². The van der Waals surface area contributed by atoms with Crippen LogP contribution in [0.25, 0.3) is 16.7 Å². The molecule has 40 heavy (non-hydrogen) atoms. The molecule has 1 aliphatic heterocycles. The molecule has 2 aromatic carbocycles. The number of ether oxygens (including phenoxy) is 1. The number of aromatic nitrogens is 1. The second-order valence-electron chi connectivity index (χ2n) is 9.47. The fraction of sp³-hybridized carbons (Fsp3) is 0.212. The highest BCUT2D eigenvalue weighted by molar-refractivity contribution is 5.96. The van der Waals surface area contributed by atoms with Crippen molar-refractivity contribution in [3.63, 3.8) is 0 Å². The molecule has 7 heteroatoms. The summed E-state index contributed by atoms with van der Waals surface area (Å²) < 4.78 is 6.18. The van der Waals surface area contributed by atoms with Gasteiger partial charge in [-0.2, -0.15) is 0 Å². The Hall–Kier alpha value is -3.64. The predicted octanol–water partition coefficient (Wildman–Crippen LogP) is 7.12. The van der Waals surface area contributed by atoms with Gasteiger partial charge in [-0.25, -0.2) is 0 Å². The molecule has 0 atom stereocenters. The number of nitrogens with two attached hydrogens (primary N) is 1. The van der Waals surface area contributed by atoms with Crippen molar-refractivity contribution in [2.75, 3.05) is 13.1 Å². The maximum absolute atomic E-state index is 13.1. The van der Waals surface area contributed by atoms with Crippen LogP contribution in [0.2, 0.25) is 0 Å². The van der Waals surface area contributed by atoms with Crippen molar-refractivity contribution < 1.29 is 9.53 Å². The van der Waals surface area contributed by atoms with Crippen LogP contribution < -0.4 is 10.5 Å². The van der Waals surface area contributed by atoms with E-state index in [4.69, 9.17) is 10.5 Å². The van der Waals surface area contributed by atoms with Gasteiger partial charge in [-0.1, -0.05) is 67.6 Å². The van der Waals surface area contributed by atoms with Crippen LogP contribution in [0.3, 0.4) is 0 Å². The molecule has 0 spiro atoms. The van der Waals surface area contributed by atoms with Gasteiger partial charge in [0.25, 0.3) is 5.91 Å². The van der Waals surface area contributed by atoms with Crippen LogP contribution in [-0.2, 0) is 19.6 Å². The SMILES string of the molecule is CCc1ncccc1C(=O)N1CC=C(c2cc(CN)ccc2OCc2ccccc2)CC1.Cl.Cl.c1cc2cc-2c1. The Morgan fingerprint density at radius 2 is 1.70 bits per heavy atom. The molecule has 1 amide bonds. The minimum absolute atomic E-state index is 0. The number of carbonyl (C=O) groups excluding carboxylic acids is 1. The summed E-state index contributed by atoms with van der Waals surface area (Å²) in [4.78, 5) is 19.3. The van der Waals surface area contributed by atoms with Crippen molar-refractivity contribution in [3.8, 4) is 16.9 Å². The first-order chi connectivity index (χ1) is 18.7. The molecule has 2 aliphatic carbocycles. The van der Waals surface area contributed by atoms with Crippen LogP contribution in [-0.4, -0.2) is 28.9 Å². The van der Waals surface area contributed by atoms with Gasteiger partial charge in [-0.05, 0) is 71.0 Å². The van der Waals surface area contributed by atoms with Crippen LogP contribution in [0.1, 0.15) is 46.1 Å². The number of halogens is 2. The largest absolute Gasteiger partial charge is 0.488 e. The summed E-state index contributed by atoms with van der Waals surface area (Å²) >= 11 is 0. The maximum atomic E-state index is 13.1. The molecule has 0 radical (unpaired) electrons. The highest BCUT2D eigenvalue weighted by Crippen LogP contribution is 2.33. The van der Waals surface area contributed by atoms with E-state index >= 15 is 0 Å². The number of benzene rings is 3. The number of carbonyl (C=O) groups is 1. The van der Waals surface area contributed by atoms with Crippen molar-refractivity contribution in [1.82, 2.24) is 9.88 Å². The molecule has 1 aromatic heterocycles. The van der Waals surface area contributed by atoms with E-state index in [0.717, 1.165) is 41.0 Å². The van der Waals surface area contributed by atoms with Crippen LogP contribution in [0.5, 0.6) is 5.75 Å². The predicted molar refractivity (Wildman–Crippen MR) is 167 cm³/mol. The fourth-order valence-corrected chi connectivity index (χ4v) is 4.67. The zero-order chi connectivity index (χ0) is 26.3. The molecular weight excluding hydrogens is 541 g/mol. The van der Waals surface area contributed by atoms with E-state index in [-0.39, 0.29) is 30.7 Å². The number of hydrogen-bond donors (Lipinski definition) is 1. The standard InChI is InChI=1S/C27H29N3O2.C6H4.2ClH/c1-2-25-23(9-6-14-29-25)27(31)30-15-12-22(13-16-30)24-17-21(18-28)10-11-26(24)32-19-20-7-4-3-5-8-20;1-2-5-4-6(5)3-1;;/h3-12,14,17H,2,13,15-16,18-19,28H2,1H3;1-4H;2*1H. The van der Waals surface area contributed by atoms with E-state index < -0.39 is 0 Å². The normalized spacial score (nSPS) is 12.6.